The van der Waals surface area contributed by atoms with Crippen LogP contribution in [0.4, 0.5) is 5.82 Å². The van der Waals surface area contributed by atoms with Crippen molar-refractivity contribution in [1.82, 2.24) is 19.9 Å². The molecule has 4 rings (SSSR count). The molecule has 2 fully saturated rings. The van der Waals surface area contributed by atoms with Gasteiger partial charge in [-0.3, -0.25) is 4.79 Å². The Morgan fingerprint density at radius 2 is 2.21 bits per heavy atom. The largest absolute Gasteiger partial charge is 0.352 e. The zero-order valence-electron chi connectivity index (χ0n) is 10.5. The Morgan fingerprint density at radius 1 is 1.32 bits per heavy atom. The van der Waals surface area contributed by atoms with Gasteiger partial charge in [-0.05, 0) is 18.9 Å². The van der Waals surface area contributed by atoms with Gasteiger partial charge in [0.05, 0.1) is 10.9 Å². The van der Waals surface area contributed by atoms with Crippen molar-refractivity contribution in [2.75, 3.05) is 24.5 Å². The van der Waals surface area contributed by atoms with Crippen LogP contribution in [0.1, 0.15) is 12.8 Å². The smallest absolute Gasteiger partial charge is 0.210 e. The number of nitrogens with one attached hydrogen (secondary N) is 1. The number of anilines is 1. The molecule has 0 aromatic carbocycles. The quantitative estimate of drug-likeness (QED) is 0.807. The van der Waals surface area contributed by atoms with E-state index in [-0.39, 0.29) is 5.54 Å². The van der Waals surface area contributed by atoms with Crippen molar-refractivity contribution in [3.63, 3.8) is 0 Å². The second-order valence-corrected chi connectivity index (χ2v) is 5.38. The summed E-state index contributed by atoms with van der Waals surface area (Å²) >= 11 is 0. The van der Waals surface area contributed by atoms with Gasteiger partial charge in [0, 0.05) is 25.8 Å². The Morgan fingerprint density at radius 3 is 3.00 bits per heavy atom. The van der Waals surface area contributed by atoms with E-state index < -0.39 is 0 Å². The second-order valence-electron chi connectivity index (χ2n) is 5.38. The van der Waals surface area contributed by atoms with Crippen LogP contribution in [0, 0.1) is 0 Å². The van der Waals surface area contributed by atoms with Gasteiger partial charge < -0.3 is 14.8 Å². The Kier molecular flexibility index (Phi) is 2.09. The summed E-state index contributed by atoms with van der Waals surface area (Å²) < 4.78 is 0. The fourth-order valence-corrected chi connectivity index (χ4v) is 3.04. The van der Waals surface area contributed by atoms with E-state index in [0.717, 1.165) is 55.7 Å². The lowest BCUT2D eigenvalue weighted by Crippen LogP contribution is -2.54. The van der Waals surface area contributed by atoms with Crippen LogP contribution < -0.4 is 4.90 Å². The van der Waals surface area contributed by atoms with E-state index in [0.29, 0.717) is 0 Å². The number of nitrogens with zero attached hydrogens (tertiary/aromatic N) is 4. The highest BCUT2D eigenvalue weighted by Crippen LogP contribution is 2.44. The normalized spacial score (nSPS) is 21.1. The van der Waals surface area contributed by atoms with Crippen LogP contribution in [0.25, 0.3) is 11.0 Å². The number of carbonyl (C=O) groups excluding carboxylic acids is 1. The van der Waals surface area contributed by atoms with E-state index >= 15 is 0 Å². The molecule has 0 bridgehead atoms. The number of piperazine rings is 1. The predicted octanol–water partition coefficient (Wildman–Crippen LogP) is 0.769. The minimum Gasteiger partial charge on any atom is -0.352 e. The highest BCUT2D eigenvalue weighted by Gasteiger charge is 2.51. The van der Waals surface area contributed by atoms with Crippen LogP contribution in [0.2, 0.25) is 0 Å². The number of hydrogen-bond donors (Lipinski definition) is 1. The third kappa shape index (κ3) is 1.52. The Hall–Kier alpha value is -2.11. The summed E-state index contributed by atoms with van der Waals surface area (Å²) in [5.41, 5.74) is 0.931. The molecule has 0 unspecified atom stereocenters. The maximum atomic E-state index is 11.1. The molecule has 0 radical (unpaired) electrons. The van der Waals surface area contributed by atoms with Gasteiger partial charge in [-0.25, -0.2) is 9.97 Å². The first-order valence-corrected chi connectivity index (χ1v) is 6.57. The molecule has 6 nitrogen and oxygen atoms in total. The maximum absolute atomic E-state index is 11.1. The third-order valence-electron chi connectivity index (χ3n) is 4.29. The Bertz CT molecular complexity index is 633. The topological polar surface area (TPSA) is 65.1 Å². The fourth-order valence-electron chi connectivity index (χ4n) is 3.04. The molecule has 2 aromatic heterocycles. The molecule has 98 valence electrons. The molecule has 3 heterocycles. The van der Waals surface area contributed by atoms with Crippen molar-refractivity contribution in [3.05, 3.63) is 18.6 Å². The van der Waals surface area contributed by atoms with Crippen LogP contribution in [0.3, 0.4) is 0 Å². The first-order valence-electron chi connectivity index (χ1n) is 6.57. The molecule has 6 heteroatoms. The van der Waals surface area contributed by atoms with Crippen molar-refractivity contribution in [2.24, 2.45) is 0 Å². The highest BCUT2D eigenvalue weighted by molar-refractivity contribution is 5.87. The van der Waals surface area contributed by atoms with Gasteiger partial charge >= 0.3 is 0 Å². The van der Waals surface area contributed by atoms with Crippen LogP contribution in [0.5, 0.6) is 0 Å². The van der Waals surface area contributed by atoms with E-state index in [9.17, 15) is 4.79 Å². The number of fused-ring (bicyclic) bond motifs is 1. The second kappa shape index (κ2) is 3.69. The van der Waals surface area contributed by atoms with Gasteiger partial charge in [0.1, 0.15) is 17.8 Å². The zero-order chi connectivity index (χ0) is 12.9. The average molecular weight is 257 g/mol. The first-order chi connectivity index (χ1) is 9.32. The highest BCUT2D eigenvalue weighted by atomic mass is 16.1. The minimum absolute atomic E-state index is 0.0631. The molecule has 1 amide bonds. The van der Waals surface area contributed by atoms with E-state index in [2.05, 4.69) is 19.9 Å². The molecule has 2 aromatic rings. The summed E-state index contributed by atoms with van der Waals surface area (Å²) in [5.74, 6) is 0.975. The first kappa shape index (κ1) is 10.8. The summed E-state index contributed by atoms with van der Waals surface area (Å²) in [6.07, 6.45) is 6.68. The zero-order valence-corrected chi connectivity index (χ0v) is 10.5. The van der Waals surface area contributed by atoms with E-state index in [1.54, 1.807) is 6.33 Å². The number of aromatic nitrogens is 3. The molecule has 2 aliphatic rings. The van der Waals surface area contributed by atoms with Gasteiger partial charge in [0.2, 0.25) is 6.41 Å². The number of rotatable bonds is 2. The van der Waals surface area contributed by atoms with Crippen molar-refractivity contribution >= 4 is 23.3 Å². The van der Waals surface area contributed by atoms with Crippen molar-refractivity contribution < 1.29 is 4.79 Å². The van der Waals surface area contributed by atoms with Crippen LogP contribution in [0.15, 0.2) is 18.6 Å². The molecule has 1 N–H and O–H groups in total. The molecule has 1 spiro atoms. The van der Waals surface area contributed by atoms with Crippen molar-refractivity contribution in [2.45, 2.75) is 18.4 Å². The number of aromatic amines is 1. The standard InChI is InChI=1S/C13H15N5O/c19-9-18-6-5-17(7-13(18)2-3-13)12-10-1-4-14-11(10)15-8-16-12/h1,4,8-9H,2-3,5-7H2,(H,14,15,16). The molecule has 1 aliphatic carbocycles. The average Bonchev–Trinajstić information content (AvgIpc) is 3.03. The van der Waals surface area contributed by atoms with E-state index in [1.807, 2.05) is 17.2 Å². The molecule has 1 aliphatic heterocycles. The summed E-state index contributed by atoms with van der Waals surface area (Å²) in [6, 6.07) is 2.01. The maximum Gasteiger partial charge on any atom is 0.210 e. The van der Waals surface area contributed by atoms with Crippen LogP contribution >= 0.6 is 0 Å². The molecule has 1 saturated heterocycles. The Balaban J connectivity index is 1.70. The van der Waals surface area contributed by atoms with Gasteiger partial charge in [-0.15, -0.1) is 0 Å². The third-order valence-corrected chi connectivity index (χ3v) is 4.29. The van der Waals surface area contributed by atoms with Crippen molar-refractivity contribution in [3.8, 4) is 0 Å². The van der Waals surface area contributed by atoms with Gasteiger partial charge in [-0.2, -0.15) is 0 Å². The van der Waals surface area contributed by atoms with Gasteiger partial charge in [0.15, 0.2) is 0 Å². The molecular formula is C13H15N5O. The summed E-state index contributed by atoms with van der Waals surface area (Å²) in [6.45, 7) is 2.49. The number of hydrogen-bond acceptors (Lipinski definition) is 4. The van der Waals surface area contributed by atoms with E-state index in [4.69, 9.17) is 0 Å². The van der Waals surface area contributed by atoms with Crippen molar-refractivity contribution in [1.29, 1.82) is 0 Å². The van der Waals surface area contributed by atoms with Crippen LogP contribution in [-0.4, -0.2) is 51.4 Å². The SMILES string of the molecule is O=CN1CCN(c2ncnc3[nH]ccc23)CC12CC2. The van der Waals surface area contributed by atoms with Gasteiger partial charge in [-0.1, -0.05) is 0 Å². The fraction of sp³-hybridized carbons (Fsp3) is 0.462. The van der Waals surface area contributed by atoms with E-state index in [1.165, 1.54) is 0 Å². The predicted molar refractivity (Wildman–Crippen MR) is 70.8 cm³/mol. The number of amides is 1. The molecule has 19 heavy (non-hydrogen) atoms. The summed E-state index contributed by atoms with van der Waals surface area (Å²) in [5, 5.41) is 1.05. The Labute approximate surface area is 110 Å². The minimum atomic E-state index is 0.0631. The lowest BCUT2D eigenvalue weighted by Gasteiger charge is -2.40. The van der Waals surface area contributed by atoms with Gasteiger partial charge in [0.25, 0.3) is 0 Å². The lowest BCUT2D eigenvalue weighted by molar-refractivity contribution is -0.121. The molecule has 1 saturated carbocycles. The molecule has 0 atom stereocenters. The van der Waals surface area contributed by atoms with Crippen LogP contribution in [-0.2, 0) is 4.79 Å². The number of H-pyrrole nitrogens is 1. The summed E-state index contributed by atoms with van der Waals surface area (Å²) in [4.78, 5) is 27.1. The lowest BCUT2D eigenvalue weighted by atomic mass is 10.1. The summed E-state index contributed by atoms with van der Waals surface area (Å²) in [7, 11) is 0. The molecular weight excluding hydrogens is 242 g/mol. The monoisotopic (exact) mass is 257 g/mol. The number of carbonyl (C=O) groups is 1.